The van der Waals surface area contributed by atoms with Crippen LogP contribution in [0.1, 0.15) is 80.0 Å². The first-order valence-corrected chi connectivity index (χ1v) is 10.4. The van der Waals surface area contributed by atoms with Crippen molar-refractivity contribution in [1.29, 1.82) is 0 Å². The Morgan fingerprint density at radius 1 is 0.778 bits per heavy atom. The summed E-state index contributed by atoms with van der Waals surface area (Å²) in [6, 6.07) is 13.5. The summed E-state index contributed by atoms with van der Waals surface area (Å²) in [6.45, 7) is 18.0. The molecule has 1 nitrogen and oxygen atoms in total. The van der Waals surface area contributed by atoms with Gasteiger partial charge in [0.05, 0.1) is 6.04 Å². The van der Waals surface area contributed by atoms with Crippen molar-refractivity contribution in [1.82, 2.24) is 0 Å². The van der Waals surface area contributed by atoms with E-state index in [0.29, 0.717) is 11.8 Å². The third-order valence-corrected chi connectivity index (χ3v) is 5.53. The first kappa shape index (κ1) is 21.4. The average molecular weight is 364 g/mol. The highest BCUT2D eigenvalue weighted by molar-refractivity contribution is 6.02. The molecule has 0 fully saturated rings. The molecule has 0 saturated heterocycles. The summed E-state index contributed by atoms with van der Waals surface area (Å²) in [5.74, 6) is 1.19. The van der Waals surface area contributed by atoms with E-state index in [4.69, 9.17) is 4.99 Å². The van der Waals surface area contributed by atoms with Crippen molar-refractivity contribution in [3.8, 4) is 0 Å². The Kier molecular flexibility index (Phi) is 7.41. The van der Waals surface area contributed by atoms with Gasteiger partial charge < -0.3 is 0 Å². The smallest absolute Gasteiger partial charge is 0.0757 e. The van der Waals surface area contributed by atoms with E-state index < -0.39 is 0 Å². The lowest BCUT2D eigenvalue weighted by Gasteiger charge is -2.22. The molecule has 0 aromatic heterocycles. The molecule has 27 heavy (non-hydrogen) atoms. The van der Waals surface area contributed by atoms with Gasteiger partial charge in [0, 0.05) is 5.71 Å². The van der Waals surface area contributed by atoms with Gasteiger partial charge in [0.1, 0.15) is 0 Å². The Labute approximate surface area is 166 Å². The molecule has 146 valence electrons. The molecular weight excluding hydrogens is 326 g/mol. The van der Waals surface area contributed by atoms with Gasteiger partial charge in [-0.3, -0.25) is 4.99 Å². The monoisotopic (exact) mass is 363 g/mol. The standard InChI is InChI=1S/C26H37N/c1-17(2)15-25(23-13-9-11-19(5)21(23)7)27-26(16-18(3)4)24-14-10-12-20(6)22(24)8/h9-14,17-18,25H,15-16H2,1-8H3. The molecule has 0 bridgehead atoms. The Morgan fingerprint density at radius 2 is 1.37 bits per heavy atom. The van der Waals surface area contributed by atoms with E-state index in [2.05, 4.69) is 91.8 Å². The molecule has 0 aliphatic carbocycles. The normalized spacial score (nSPS) is 13.5. The molecule has 0 saturated carbocycles. The van der Waals surface area contributed by atoms with E-state index >= 15 is 0 Å². The Morgan fingerprint density at radius 3 is 1.96 bits per heavy atom. The summed E-state index contributed by atoms with van der Waals surface area (Å²) in [6.07, 6.45) is 2.10. The van der Waals surface area contributed by atoms with Crippen molar-refractivity contribution in [3.05, 3.63) is 69.8 Å². The highest BCUT2D eigenvalue weighted by Crippen LogP contribution is 2.31. The number of hydrogen-bond acceptors (Lipinski definition) is 1. The maximum Gasteiger partial charge on any atom is 0.0757 e. The Bertz CT molecular complexity index is 796. The molecule has 1 unspecified atom stereocenters. The maximum atomic E-state index is 5.42. The van der Waals surface area contributed by atoms with Gasteiger partial charge in [0.15, 0.2) is 0 Å². The van der Waals surface area contributed by atoms with Crippen LogP contribution >= 0.6 is 0 Å². The summed E-state index contributed by atoms with van der Waals surface area (Å²) in [4.78, 5) is 5.42. The molecule has 2 rings (SSSR count). The van der Waals surface area contributed by atoms with Gasteiger partial charge in [-0.15, -0.1) is 0 Å². The molecule has 1 atom stereocenters. The summed E-state index contributed by atoms with van der Waals surface area (Å²) < 4.78 is 0. The van der Waals surface area contributed by atoms with Crippen molar-refractivity contribution in [2.75, 3.05) is 0 Å². The molecular formula is C26H37N. The van der Waals surface area contributed by atoms with Crippen LogP contribution in [-0.2, 0) is 0 Å². The topological polar surface area (TPSA) is 12.4 Å². The van der Waals surface area contributed by atoms with Crippen LogP contribution in [0, 0.1) is 39.5 Å². The van der Waals surface area contributed by atoms with Crippen LogP contribution in [0.4, 0.5) is 0 Å². The summed E-state index contributed by atoms with van der Waals surface area (Å²) >= 11 is 0. The van der Waals surface area contributed by atoms with Crippen molar-refractivity contribution in [2.24, 2.45) is 16.8 Å². The van der Waals surface area contributed by atoms with Gasteiger partial charge in [-0.2, -0.15) is 0 Å². The molecule has 0 amide bonds. The number of rotatable bonds is 7. The molecule has 1 heteroatoms. The zero-order valence-corrected chi connectivity index (χ0v) is 18.6. The fraction of sp³-hybridized carbons (Fsp3) is 0.500. The largest absolute Gasteiger partial charge is 0.281 e. The minimum Gasteiger partial charge on any atom is -0.281 e. The number of benzene rings is 2. The van der Waals surface area contributed by atoms with E-state index in [-0.39, 0.29) is 6.04 Å². The number of hydrogen-bond donors (Lipinski definition) is 0. The van der Waals surface area contributed by atoms with E-state index in [9.17, 15) is 0 Å². The quantitative estimate of drug-likeness (QED) is 0.450. The Balaban J connectivity index is 2.60. The molecule has 0 N–H and O–H groups in total. The van der Waals surface area contributed by atoms with E-state index in [1.807, 2.05) is 0 Å². The van der Waals surface area contributed by atoms with Gasteiger partial charge in [0.25, 0.3) is 0 Å². The SMILES string of the molecule is Cc1cccc(C(CC(C)C)=NC(CC(C)C)c2cccc(C)c2C)c1C. The lowest BCUT2D eigenvalue weighted by atomic mass is 9.90. The average Bonchev–Trinajstić information content (AvgIpc) is 2.58. The number of aliphatic imine (C=N–C) groups is 1. The first-order chi connectivity index (χ1) is 12.7. The fourth-order valence-corrected chi connectivity index (χ4v) is 3.70. The van der Waals surface area contributed by atoms with Crippen molar-refractivity contribution >= 4 is 5.71 Å². The molecule has 2 aromatic carbocycles. The zero-order chi connectivity index (χ0) is 20.1. The predicted octanol–water partition coefficient (Wildman–Crippen LogP) is 7.54. The van der Waals surface area contributed by atoms with Crippen LogP contribution in [0.5, 0.6) is 0 Å². The minimum absolute atomic E-state index is 0.221. The number of aryl methyl sites for hydroxylation is 2. The van der Waals surface area contributed by atoms with E-state index in [1.54, 1.807) is 0 Å². The van der Waals surface area contributed by atoms with Crippen molar-refractivity contribution < 1.29 is 0 Å². The first-order valence-electron chi connectivity index (χ1n) is 10.4. The molecule has 0 spiro atoms. The van der Waals surface area contributed by atoms with Gasteiger partial charge in [-0.05, 0) is 85.8 Å². The molecule has 2 aromatic rings. The van der Waals surface area contributed by atoms with Crippen LogP contribution < -0.4 is 0 Å². The second-order valence-corrected chi connectivity index (χ2v) is 8.86. The van der Waals surface area contributed by atoms with Gasteiger partial charge in [-0.25, -0.2) is 0 Å². The van der Waals surface area contributed by atoms with Crippen LogP contribution in [0.25, 0.3) is 0 Å². The zero-order valence-electron chi connectivity index (χ0n) is 18.6. The van der Waals surface area contributed by atoms with E-state index in [1.165, 1.54) is 39.1 Å². The Hall–Kier alpha value is -1.89. The summed E-state index contributed by atoms with van der Waals surface area (Å²) in [5.41, 5.74) is 9.42. The summed E-state index contributed by atoms with van der Waals surface area (Å²) in [7, 11) is 0. The van der Waals surface area contributed by atoms with E-state index in [0.717, 1.165) is 12.8 Å². The van der Waals surface area contributed by atoms with Crippen LogP contribution in [0.2, 0.25) is 0 Å². The third kappa shape index (κ3) is 5.54. The minimum atomic E-state index is 0.221. The van der Waals surface area contributed by atoms with Crippen LogP contribution in [-0.4, -0.2) is 5.71 Å². The molecule has 0 aliphatic rings. The molecule has 0 radical (unpaired) electrons. The number of nitrogens with zero attached hydrogens (tertiary/aromatic N) is 1. The van der Waals surface area contributed by atoms with Gasteiger partial charge in [-0.1, -0.05) is 64.1 Å². The van der Waals surface area contributed by atoms with Crippen molar-refractivity contribution in [2.45, 2.75) is 74.3 Å². The third-order valence-electron chi connectivity index (χ3n) is 5.53. The van der Waals surface area contributed by atoms with Crippen molar-refractivity contribution in [3.63, 3.8) is 0 Å². The predicted molar refractivity (Wildman–Crippen MR) is 120 cm³/mol. The van der Waals surface area contributed by atoms with Crippen LogP contribution in [0.3, 0.4) is 0 Å². The van der Waals surface area contributed by atoms with Gasteiger partial charge >= 0.3 is 0 Å². The second kappa shape index (κ2) is 9.35. The fourth-order valence-electron chi connectivity index (χ4n) is 3.70. The van der Waals surface area contributed by atoms with Gasteiger partial charge in [0.2, 0.25) is 0 Å². The molecule has 0 aliphatic heterocycles. The lowest BCUT2D eigenvalue weighted by Crippen LogP contribution is -2.12. The highest BCUT2D eigenvalue weighted by atomic mass is 14.8. The second-order valence-electron chi connectivity index (χ2n) is 8.86. The highest BCUT2D eigenvalue weighted by Gasteiger charge is 2.18. The molecule has 0 heterocycles. The summed E-state index contributed by atoms with van der Waals surface area (Å²) in [5, 5.41) is 0. The maximum absolute atomic E-state index is 5.42. The van der Waals surface area contributed by atoms with Crippen LogP contribution in [0.15, 0.2) is 41.4 Å². The lowest BCUT2D eigenvalue weighted by molar-refractivity contribution is 0.508.